The van der Waals surface area contributed by atoms with Crippen LogP contribution in [-0.4, -0.2) is 30.8 Å². The number of carbonyl (C=O) groups excluding carboxylic acids is 1. The molecule has 0 amide bonds. The summed E-state index contributed by atoms with van der Waals surface area (Å²) in [7, 11) is 2.15. The number of hydrogen-bond donors (Lipinski definition) is 0. The highest BCUT2D eigenvalue weighted by atomic mass is 16.1. The molecule has 1 aliphatic heterocycles. The van der Waals surface area contributed by atoms with Crippen molar-refractivity contribution < 1.29 is 4.79 Å². The summed E-state index contributed by atoms with van der Waals surface area (Å²) in [6, 6.07) is 0. The Labute approximate surface area is 74.9 Å². The third-order valence-electron chi connectivity index (χ3n) is 3.11. The molecule has 0 radical (unpaired) electrons. The molecule has 0 aromatic carbocycles. The van der Waals surface area contributed by atoms with Crippen LogP contribution in [0.25, 0.3) is 0 Å². The lowest BCUT2D eigenvalue weighted by Crippen LogP contribution is -2.34. The summed E-state index contributed by atoms with van der Waals surface area (Å²) in [6.45, 7) is 6.09. The SMILES string of the molecule is CC(=O)C(C)C1CCN(C)CC1. The minimum atomic E-state index is 0.277. The van der Waals surface area contributed by atoms with E-state index >= 15 is 0 Å². The number of carbonyl (C=O) groups is 1. The maximum atomic E-state index is 11.1. The Bertz CT molecular complexity index is 159. The molecule has 1 fully saturated rings. The van der Waals surface area contributed by atoms with Gasteiger partial charge < -0.3 is 4.90 Å². The molecule has 0 spiro atoms. The van der Waals surface area contributed by atoms with Gasteiger partial charge in [-0.05, 0) is 45.8 Å². The van der Waals surface area contributed by atoms with E-state index in [1.54, 1.807) is 6.92 Å². The van der Waals surface area contributed by atoms with Crippen LogP contribution >= 0.6 is 0 Å². The second kappa shape index (κ2) is 4.04. The summed E-state index contributed by atoms with van der Waals surface area (Å²) >= 11 is 0. The number of piperidine rings is 1. The molecule has 2 heteroatoms. The number of rotatable bonds is 2. The fourth-order valence-electron chi connectivity index (χ4n) is 1.86. The number of nitrogens with zero attached hydrogens (tertiary/aromatic N) is 1. The Morgan fingerprint density at radius 1 is 1.42 bits per heavy atom. The quantitative estimate of drug-likeness (QED) is 0.625. The lowest BCUT2D eigenvalue weighted by atomic mass is 9.83. The van der Waals surface area contributed by atoms with E-state index in [4.69, 9.17) is 0 Å². The van der Waals surface area contributed by atoms with E-state index in [0.717, 1.165) is 13.1 Å². The Hall–Kier alpha value is -0.370. The Balaban J connectivity index is 2.39. The van der Waals surface area contributed by atoms with Crippen molar-refractivity contribution in [3.63, 3.8) is 0 Å². The molecule has 0 aromatic rings. The fraction of sp³-hybridized carbons (Fsp3) is 0.900. The van der Waals surface area contributed by atoms with Gasteiger partial charge in [-0.1, -0.05) is 6.92 Å². The molecule has 1 saturated heterocycles. The highest BCUT2D eigenvalue weighted by Gasteiger charge is 2.24. The van der Waals surface area contributed by atoms with Gasteiger partial charge in [0, 0.05) is 5.92 Å². The van der Waals surface area contributed by atoms with Crippen LogP contribution in [0.5, 0.6) is 0 Å². The fourth-order valence-corrected chi connectivity index (χ4v) is 1.86. The van der Waals surface area contributed by atoms with E-state index in [-0.39, 0.29) is 5.92 Å². The van der Waals surface area contributed by atoms with Crippen LogP contribution in [0.4, 0.5) is 0 Å². The predicted octanol–water partition coefficient (Wildman–Crippen LogP) is 1.55. The summed E-state index contributed by atoms with van der Waals surface area (Å²) in [4.78, 5) is 13.4. The third kappa shape index (κ3) is 2.31. The standard InChI is InChI=1S/C10H19NO/c1-8(9(2)12)10-4-6-11(3)7-5-10/h8,10H,4-7H2,1-3H3. The van der Waals surface area contributed by atoms with Crippen molar-refractivity contribution >= 4 is 5.78 Å². The van der Waals surface area contributed by atoms with Crippen LogP contribution in [0.3, 0.4) is 0 Å². The van der Waals surface area contributed by atoms with Gasteiger partial charge in [-0.3, -0.25) is 4.79 Å². The highest BCUT2D eigenvalue weighted by Crippen LogP contribution is 2.24. The molecule has 0 aliphatic carbocycles. The lowest BCUT2D eigenvalue weighted by Gasteiger charge is -2.31. The van der Waals surface area contributed by atoms with Crippen molar-refractivity contribution in [2.75, 3.05) is 20.1 Å². The number of likely N-dealkylation sites (tertiary alicyclic amines) is 1. The summed E-state index contributed by atoms with van der Waals surface area (Å²) < 4.78 is 0. The first-order valence-corrected chi connectivity index (χ1v) is 4.80. The minimum Gasteiger partial charge on any atom is -0.306 e. The summed E-state index contributed by atoms with van der Waals surface area (Å²) in [5, 5.41) is 0. The molecule has 1 rings (SSSR count). The van der Waals surface area contributed by atoms with Crippen molar-refractivity contribution in [2.24, 2.45) is 11.8 Å². The van der Waals surface area contributed by atoms with Gasteiger partial charge in [-0.25, -0.2) is 0 Å². The largest absolute Gasteiger partial charge is 0.306 e. The van der Waals surface area contributed by atoms with E-state index in [1.165, 1.54) is 12.8 Å². The first-order valence-electron chi connectivity index (χ1n) is 4.80. The van der Waals surface area contributed by atoms with Gasteiger partial charge in [0.05, 0.1) is 0 Å². The van der Waals surface area contributed by atoms with Crippen molar-refractivity contribution in [2.45, 2.75) is 26.7 Å². The van der Waals surface area contributed by atoms with Crippen molar-refractivity contribution in [1.82, 2.24) is 4.90 Å². The molecule has 70 valence electrons. The third-order valence-corrected chi connectivity index (χ3v) is 3.11. The first-order chi connectivity index (χ1) is 5.61. The van der Waals surface area contributed by atoms with Gasteiger partial charge in [-0.2, -0.15) is 0 Å². The summed E-state index contributed by atoms with van der Waals surface area (Å²) in [5.74, 6) is 1.27. The van der Waals surface area contributed by atoms with Crippen LogP contribution in [0, 0.1) is 11.8 Å². The van der Waals surface area contributed by atoms with E-state index < -0.39 is 0 Å². The van der Waals surface area contributed by atoms with Gasteiger partial charge >= 0.3 is 0 Å². The van der Waals surface area contributed by atoms with Gasteiger partial charge in [0.25, 0.3) is 0 Å². The van der Waals surface area contributed by atoms with Crippen molar-refractivity contribution in [3.05, 3.63) is 0 Å². The zero-order valence-electron chi connectivity index (χ0n) is 8.34. The van der Waals surface area contributed by atoms with E-state index in [9.17, 15) is 4.79 Å². The average molecular weight is 169 g/mol. The molecule has 0 bridgehead atoms. The lowest BCUT2D eigenvalue weighted by molar-refractivity contribution is -0.122. The van der Waals surface area contributed by atoms with E-state index in [1.807, 2.05) is 0 Å². The van der Waals surface area contributed by atoms with E-state index in [2.05, 4.69) is 18.9 Å². The van der Waals surface area contributed by atoms with Gasteiger partial charge in [0.1, 0.15) is 5.78 Å². The monoisotopic (exact) mass is 169 g/mol. The Morgan fingerprint density at radius 2 is 1.92 bits per heavy atom. The molecule has 12 heavy (non-hydrogen) atoms. The summed E-state index contributed by atoms with van der Waals surface area (Å²) in [5.41, 5.74) is 0. The van der Waals surface area contributed by atoms with Crippen molar-refractivity contribution in [3.8, 4) is 0 Å². The Morgan fingerprint density at radius 3 is 2.33 bits per heavy atom. The molecular formula is C10H19NO. The normalized spacial score (nSPS) is 23.9. The van der Waals surface area contributed by atoms with Crippen LogP contribution in [0.1, 0.15) is 26.7 Å². The second-order valence-corrected chi connectivity index (χ2v) is 4.04. The Kier molecular flexibility index (Phi) is 3.27. The van der Waals surface area contributed by atoms with Crippen LogP contribution < -0.4 is 0 Å². The molecule has 0 N–H and O–H groups in total. The number of Topliss-reactive ketones (excluding diaryl/α,β-unsaturated/α-hetero) is 1. The first kappa shape index (κ1) is 9.72. The van der Waals surface area contributed by atoms with Gasteiger partial charge in [0.2, 0.25) is 0 Å². The minimum absolute atomic E-state index is 0.277. The van der Waals surface area contributed by atoms with E-state index in [0.29, 0.717) is 11.7 Å². The number of hydrogen-bond acceptors (Lipinski definition) is 2. The molecule has 2 nitrogen and oxygen atoms in total. The number of ketones is 1. The van der Waals surface area contributed by atoms with Crippen LogP contribution in [-0.2, 0) is 4.79 Å². The molecule has 0 aromatic heterocycles. The predicted molar refractivity (Wildman–Crippen MR) is 50.1 cm³/mol. The maximum absolute atomic E-state index is 11.1. The molecule has 1 unspecified atom stereocenters. The van der Waals surface area contributed by atoms with Crippen LogP contribution in [0.15, 0.2) is 0 Å². The molecule has 1 atom stereocenters. The molecular weight excluding hydrogens is 150 g/mol. The van der Waals surface area contributed by atoms with Crippen LogP contribution in [0.2, 0.25) is 0 Å². The highest BCUT2D eigenvalue weighted by molar-refractivity contribution is 5.78. The average Bonchev–Trinajstić information content (AvgIpc) is 2.04. The molecule has 1 heterocycles. The maximum Gasteiger partial charge on any atom is 0.132 e. The molecule has 1 aliphatic rings. The summed E-state index contributed by atoms with van der Waals surface area (Å²) in [6.07, 6.45) is 2.38. The molecule has 0 saturated carbocycles. The smallest absolute Gasteiger partial charge is 0.132 e. The second-order valence-electron chi connectivity index (χ2n) is 4.04. The topological polar surface area (TPSA) is 20.3 Å². The zero-order valence-corrected chi connectivity index (χ0v) is 8.34. The van der Waals surface area contributed by atoms with Gasteiger partial charge in [0.15, 0.2) is 0 Å². The zero-order chi connectivity index (χ0) is 9.14. The van der Waals surface area contributed by atoms with Gasteiger partial charge in [-0.15, -0.1) is 0 Å². The van der Waals surface area contributed by atoms with Crippen molar-refractivity contribution in [1.29, 1.82) is 0 Å².